The van der Waals surface area contributed by atoms with Crippen molar-refractivity contribution in [2.24, 2.45) is 11.0 Å². The van der Waals surface area contributed by atoms with Gasteiger partial charge in [-0.2, -0.15) is 5.10 Å². The fourth-order valence-electron chi connectivity index (χ4n) is 2.28. The molecule has 0 bridgehead atoms. The first kappa shape index (κ1) is 17.7. The summed E-state index contributed by atoms with van der Waals surface area (Å²) < 4.78 is 10.4. The van der Waals surface area contributed by atoms with E-state index in [4.69, 9.17) is 4.74 Å². The highest BCUT2D eigenvalue weighted by Crippen LogP contribution is 2.28. The summed E-state index contributed by atoms with van der Waals surface area (Å²) in [5, 5.41) is 3.95. The lowest BCUT2D eigenvalue weighted by Gasteiger charge is -2.07. The monoisotopic (exact) mass is 352 g/mol. The standard InChI is InChI=1S/C20H20N2O4/c1-25-20(24)17-6-2-15(3-7-17)13-26-18-10-4-14(5-11-18)12-21-22-19(23)16-8-9-16/h2-7,10-12,16H,8-9,13H2,1H3,(H,22,23)/b21-12-. The van der Waals surface area contributed by atoms with Crippen molar-refractivity contribution in [2.75, 3.05) is 7.11 Å². The molecule has 1 amide bonds. The molecule has 2 aromatic carbocycles. The van der Waals surface area contributed by atoms with E-state index in [0.29, 0.717) is 12.2 Å². The van der Waals surface area contributed by atoms with Gasteiger partial charge in [0.2, 0.25) is 5.91 Å². The molecule has 3 rings (SSSR count). The Balaban J connectivity index is 1.48. The number of hydrazone groups is 1. The van der Waals surface area contributed by atoms with Crippen LogP contribution in [0.15, 0.2) is 53.6 Å². The van der Waals surface area contributed by atoms with Crippen molar-refractivity contribution >= 4 is 18.1 Å². The summed E-state index contributed by atoms with van der Waals surface area (Å²) in [6.45, 7) is 0.395. The van der Waals surface area contributed by atoms with Crippen LogP contribution in [0.1, 0.15) is 34.3 Å². The highest BCUT2D eigenvalue weighted by atomic mass is 16.5. The van der Waals surface area contributed by atoms with E-state index in [1.54, 1.807) is 18.3 Å². The van der Waals surface area contributed by atoms with Gasteiger partial charge in [-0.1, -0.05) is 12.1 Å². The quantitative estimate of drug-likeness (QED) is 0.472. The van der Waals surface area contributed by atoms with Gasteiger partial charge in [-0.25, -0.2) is 10.2 Å². The second-order valence-corrected chi connectivity index (χ2v) is 6.05. The highest BCUT2D eigenvalue weighted by Gasteiger charge is 2.29. The zero-order valence-corrected chi connectivity index (χ0v) is 14.5. The topological polar surface area (TPSA) is 77.0 Å². The molecule has 1 N–H and O–H groups in total. The van der Waals surface area contributed by atoms with Gasteiger partial charge in [0, 0.05) is 5.92 Å². The van der Waals surface area contributed by atoms with Crippen molar-refractivity contribution in [1.29, 1.82) is 0 Å². The molecule has 6 heteroatoms. The first-order valence-corrected chi connectivity index (χ1v) is 8.39. The zero-order valence-electron chi connectivity index (χ0n) is 14.5. The van der Waals surface area contributed by atoms with Crippen LogP contribution in [0.4, 0.5) is 0 Å². The van der Waals surface area contributed by atoms with Gasteiger partial charge in [0.1, 0.15) is 12.4 Å². The van der Waals surface area contributed by atoms with Gasteiger partial charge < -0.3 is 9.47 Å². The molecular weight excluding hydrogens is 332 g/mol. The molecular formula is C20H20N2O4. The third-order valence-corrected chi connectivity index (χ3v) is 4.00. The van der Waals surface area contributed by atoms with Crippen LogP contribution in [0.25, 0.3) is 0 Å². The molecule has 0 saturated heterocycles. The van der Waals surface area contributed by atoms with Gasteiger partial charge in [0.15, 0.2) is 0 Å². The Hall–Kier alpha value is -3.15. The van der Waals surface area contributed by atoms with E-state index in [2.05, 4.69) is 15.3 Å². The molecule has 0 aliphatic heterocycles. The zero-order chi connectivity index (χ0) is 18.4. The minimum absolute atomic E-state index is 0.0144. The first-order valence-electron chi connectivity index (χ1n) is 8.39. The fourth-order valence-corrected chi connectivity index (χ4v) is 2.28. The lowest BCUT2D eigenvalue weighted by Crippen LogP contribution is -2.18. The minimum Gasteiger partial charge on any atom is -0.489 e. The molecule has 0 heterocycles. The van der Waals surface area contributed by atoms with Gasteiger partial charge in [0.05, 0.1) is 18.9 Å². The van der Waals surface area contributed by atoms with Crippen LogP contribution in [0.5, 0.6) is 5.75 Å². The predicted molar refractivity (Wildman–Crippen MR) is 97.0 cm³/mol. The molecule has 0 aromatic heterocycles. The maximum atomic E-state index is 11.5. The van der Waals surface area contributed by atoms with E-state index >= 15 is 0 Å². The molecule has 0 radical (unpaired) electrons. The number of benzene rings is 2. The second-order valence-electron chi connectivity index (χ2n) is 6.05. The van der Waals surface area contributed by atoms with E-state index in [1.165, 1.54) is 7.11 Å². The Kier molecular flexibility index (Phi) is 5.63. The van der Waals surface area contributed by atoms with Crippen molar-refractivity contribution in [3.8, 4) is 5.75 Å². The molecule has 1 fully saturated rings. The van der Waals surface area contributed by atoms with Gasteiger partial charge in [-0.05, 0) is 60.4 Å². The van der Waals surface area contributed by atoms with E-state index < -0.39 is 0 Å². The predicted octanol–water partition coefficient (Wildman–Crippen LogP) is 2.91. The van der Waals surface area contributed by atoms with Gasteiger partial charge in [-0.3, -0.25) is 4.79 Å². The Morgan fingerprint density at radius 1 is 1.12 bits per heavy atom. The van der Waals surface area contributed by atoms with Crippen LogP contribution >= 0.6 is 0 Å². The number of ether oxygens (including phenoxy) is 2. The van der Waals surface area contributed by atoms with Crippen LogP contribution in [0.3, 0.4) is 0 Å². The Morgan fingerprint density at radius 3 is 2.42 bits per heavy atom. The lowest BCUT2D eigenvalue weighted by atomic mass is 10.1. The summed E-state index contributed by atoms with van der Waals surface area (Å²) in [4.78, 5) is 22.9. The van der Waals surface area contributed by atoms with Gasteiger partial charge in [-0.15, -0.1) is 0 Å². The van der Waals surface area contributed by atoms with Crippen LogP contribution < -0.4 is 10.2 Å². The Morgan fingerprint density at radius 2 is 1.81 bits per heavy atom. The van der Waals surface area contributed by atoms with Gasteiger partial charge >= 0.3 is 5.97 Å². The minimum atomic E-state index is -0.358. The van der Waals surface area contributed by atoms with Crippen LogP contribution in [-0.2, 0) is 16.1 Å². The molecule has 0 spiro atoms. The number of nitrogens with one attached hydrogen (secondary N) is 1. The number of hydrogen-bond acceptors (Lipinski definition) is 5. The first-order chi connectivity index (χ1) is 12.7. The Labute approximate surface area is 151 Å². The SMILES string of the molecule is COC(=O)c1ccc(COc2ccc(/C=N\NC(=O)C3CC3)cc2)cc1. The number of esters is 1. The number of hydrogen-bond donors (Lipinski definition) is 1. The number of nitrogens with zero attached hydrogens (tertiary/aromatic N) is 1. The number of amides is 1. The normalized spacial score (nSPS) is 13.4. The molecule has 134 valence electrons. The number of rotatable bonds is 7. The van der Waals surface area contributed by atoms with Crippen LogP contribution in [0, 0.1) is 5.92 Å². The number of methoxy groups -OCH3 is 1. The third kappa shape index (κ3) is 4.92. The van der Waals surface area contributed by atoms with Crippen molar-refractivity contribution in [3.63, 3.8) is 0 Å². The second kappa shape index (κ2) is 8.29. The maximum Gasteiger partial charge on any atom is 0.337 e. The van der Waals surface area contributed by atoms with E-state index in [9.17, 15) is 9.59 Å². The molecule has 1 aliphatic carbocycles. The summed E-state index contributed by atoms with van der Waals surface area (Å²) in [6.07, 6.45) is 3.52. The average Bonchev–Trinajstić information content (AvgIpc) is 3.52. The van der Waals surface area contributed by atoms with Crippen molar-refractivity contribution < 1.29 is 19.1 Å². The van der Waals surface area contributed by atoms with Crippen LogP contribution in [-0.4, -0.2) is 25.2 Å². The highest BCUT2D eigenvalue weighted by molar-refractivity contribution is 5.89. The molecule has 0 atom stereocenters. The van der Waals surface area contributed by atoms with Crippen molar-refractivity contribution in [3.05, 3.63) is 65.2 Å². The maximum absolute atomic E-state index is 11.5. The molecule has 6 nitrogen and oxygen atoms in total. The van der Waals surface area contributed by atoms with E-state index in [-0.39, 0.29) is 17.8 Å². The number of carbonyl (C=O) groups is 2. The summed E-state index contributed by atoms with van der Waals surface area (Å²) in [7, 11) is 1.36. The van der Waals surface area contributed by atoms with Crippen molar-refractivity contribution in [2.45, 2.75) is 19.4 Å². The average molecular weight is 352 g/mol. The van der Waals surface area contributed by atoms with E-state index in [1.807, 2.05) is 36.4 Å². The van der Waals surface area contributed by atoms with E-state index in [0.717, 1.165) is 29.7 Å². The summed E-state index contributed by atoms with van der Waals surface area (Å²) in [5.41, 5.74) is 4.87. The number of carbonyl (C=O) groups excluding carboxylic acids is 2. The molecule has 1 saturated carbocycles. The molecule has 1 aliphatic rings. The lowest BCUT2D eigenvalue weighted by molar-refractivity contribution is -0.122. The fraction of sp³-hybridized carbons (Fsp3) is 0.250. The molecule has 26 heavy (non-hydrogen) atoms. The van der Waals surface area contributed by atoms with Crippen molar-refractivity contribution in [1.82, 2.24) is 5.43 Å². The summed E-state index contributed by atoms with van der Waals surface area (Å²) >= 11 is 0. The smallest absolute Gasteiger partial charge is 0.337 e. The molecule has 2 aromatic rings. The summed E-state index contributed by atoms with van der Waals surface area (Å²) in [6, 6.07) is 14.5. The van der Waals surface area contributed by atoms with Crippen LogP contribution in [0.2, 0.25) is 0 Å². The largest absolute Gasteiger partial charge is 0.489 e. The summed E-state index contributed by atoms with van der Waals surface area (Å²) in [5.74, 6) is 0.494. The molecule has 0 unspecified atom stereocenters. The third-order valence-electron chi connectivity index (χ3n) is 4.00. The van der Waals surface area contributed by atoms with Gasteiger partial charge in [0.25, 0.3) is 0 Å². The Bertz CT molecular complexity index is 794.